The Bertz CT molecular complexity index is 878. The van der Waals surface area contributed by atoms with Gasteiger partial charge < -0.3 is 19.4 Å². The summed E-state index contributed by atoms with van der Waals surface area (Å²) in [6, 6.07) is 9.73. The summed E-state index contributed by atoms with van der Waals surface area (Å²) in [6.45, 7) is 4.75. The summed E-state index contributed by atoms with van der Waals surface area (Å²) in [5, 5.41) is 2.09. The molecule has 0 fully saturated rings. The molecular weight excluding hydrogens is 398 g/mol. The molecule has 1 aromatic heterocycles. The van der Waals surface area contributed by atoms with Gasteiger partial charge in [0.2, 0.25) is 5.91 Å². The van der Waals surface area contributed by atoms with Gasteiger partial charge in [-0.3, -0.25) is 4.79 Å². The Morgan fingerprint density at radius 1 is 1.23 bits per heavy atom. The van der Waals surface area contributed by atoms with E-state index in [4.69, 9.17) is 4.74 Å². The van der Waals surface area contributed by atoms with E-state index >= 15 is 0 Å². The van der Waals surface area contributed by atoms with Crippen molar-refractivity contribution in [3.05, 3.63) is 51.7 Å². The molecular formula is C23H31N3O3S. The first kappa shape index (κ1) is 22.2. The van der Waals surface area contributed by atoms with Gasteiger partial charge in [-0.25, -0.2) is 4.79 Å². The predicted octanol–water partition coefficient (Wildman–Crippen LogP) is 4.01. The van der Waals surface area contributed by atoms with Crippen LogP contribution in [0.3, 0.4) is 0 Å². The van der Waals surface area contributed by atoms with Crippen molar-refractivity contribution in [2.24, 2.45) is 0 Å². The molecule has 0 N–H and O–H groups in total. The summed E-state index contributed by atoms with van der Waals surface area (Å²) >= 11 is 1.74. The lowest BCUT2D eigenvalue weighted by atomic mass is 9.93. The summed E-state index contributed by atoms with van der Waals surface area (Å²) in [5.41, 5.74) is 2.23. The molecule has 162 valence electrons. The second kappa shape index (κ2) is 9.51. The molecule has 2 aromatic rings. The third-order valence-corrected chi connectivity index (χ3v) is 6.77. The van der Waals surface area contributed by atoms with E-state index in [1.54, 1.807) is 37.4 Å². The van der Waals surface area contributed by atoms with Crippen molar-refractivity contribution in [1.29, 1.82) is 0 Å². The number of carbonyl (C=O) groups is 2. The maximum Gasteiger partial charge on any atom is 0.320 e. The monoisotopic (exact) mass is 429 g/mol. The molecule has 2 atom stereocenters. The third kappa shape index (κ3) is 4.46. The summed E-state index contributed by atoms with van der Waals surface area (Å²) in [5.74, 6) is 0.765. The van der Waals surface area contributed by atoms with E-state index in [2.05, 4.69) is 11.4 Å². The first-order valence-corrected chi connectivity index (χ1v) is 11.2. The number of methoxy groups -OCH3 is 1. The van der Waals surface area contributed by atoms with Gasteiger partial charge in [0.25, 0.3) is 0 Å². The van der Waals surface area contributed by atoms with E-state index < -0.39 is 0 Å². The van der Waals surface area contributed by atoms with Gasteiger partial charge in [-0.15, -0.1) is 11.3 Å². The van der Waals surface area contributed by atoms with Crippen LogP contribution in [-0.2, 0) is 11.2 Å². The Labute approximate surface area is 183 Å². The maximum atomic E-state index is 13.5. The zero-order chi connectivity index (χ0) is 21.8. The van der Waals surface area contributed by atoms with Crippen molar-refractivity contribution in [3.8, 4) is 5.75 Å². The van der Waals surface area contributed by atoms with E-state index in [1.165, 1.54) is 15.3 Å². The van der Waals surface area contributed by atoms with Gasteiger partial charge in [0.05, 0.1) is 13.2 Å². The molecule has 3 amide bonds. The molecule has 0 unspecified atom stereocenters. The van der Waals surface area contributed by atoms with Crippen molar-refractivity contribution in [2.45, 2.75) is 38.8 Å². The topological polar surface area (TPSA) is 53.1 Å². The van der Waals surface area contributed by atoms with Crippen LogP contribution in [0.4, 0.5) is 4.79 Å². The molecule has 6 nitrogen and oxygen atoms in total. The van der Waals surface area contributed by atoms with Crippen molar-refractivity contribution < 1.29 is 14.3 Å². The predicted molar refractivity (Wildman–Crippen MR) is 120 cm³/mol. The molecule has 1 aliphatic rings. The van der Waals surface area contributed by atoms with Crippen LogP contribution >= 0.6 is 11.3 Å². The van der Waals surface area contributed by atoms with Crippen molar-refractivity contribution in [2.75, 3.05) is 34.3 Å². The fraction of sp³-hybridized carbons (Fsp3) is 0.478. The highest BCUT2D eigenvalue weighted by molar-refractivity contribution is 7.10. The average Bonchev–Trinajstić information content (AvgIpc) is 3.24. The Balaban J connectivity index is 1.91. The molecule has 0 radical (unpaired) electrons. The normalized spacial score (nSPS) is 16.6. The molecule has 1 aromatic carbocycles. The van der Waals surface area contributed by atoms with Crippen molar-refractivity contribution in [1.82, 2.24) is 14.7 Å². The lowest BCUT2D eigenvalue weighted by Crippen LogP contribution is -2.51. The fourth-order valence-corrected chi connectivity index (χ4v) is 4.76. The number of benzene rings is 1. The molecule has 0 saturated carbocycles. The van der Waals surface area contributed by atoms with Gasteiger partial charge >= 0.3 is 6.03 Å². The van der Waals surface area contributed by atoms with Crippen LogP contribution in [0.2, 0.25) is 0 Å². The molecule has 0 saturated heterocycles. The summed E-state index contributed by atoms with van der Waals surface area (Å²) < 4.78 is 5.30. The Morgan fingerprint density at radius 3 is 2.53 bits per heavy atom. The Morgan fingerprint density at radius 2 is 1.93 bits per heavy atom. The molecule has 0 bridgehead atoms. The van der Waals surface area contributed by atoms with Crippen LogP contribution in [-0.4, -0.2) is 67.0 Å². The van der Waals surface area contributed by atoms with Crippen molar-refractivity contribution >= 4 is 23.3 Å². The first-order valence-electron chi connectivity index (χ1n) is 10.3. The second-order valence-corrected chi connectivity index (χ2v) is 8.87. The smallest absolute Gasteiger partial charge is 0.320 e. The number of nitrogens with zero attached hydrogens (tertiary/aromatic N) is 3. The maximum absolute atomic E-state index is 13.5. The number of rotatable bonds is 6. The van der Waals surface area contributed by atoms with Gasteiger partial charge in [-0.1, -0.05) is 19.1 Å². The minimum Gasteiger partial charge on any atom is -0.497 e. The largest absolute Gasteiger partial charge is 0.497 e. The lowest BCUT2D eigenvalue weighted by molar-refractivity contribution is -0.134. The summed E-state index contributed by atoms with van der Waals surface area (Å²) in [7, 11) is 5.09. The van der Waals surface area contributed by atoms with E-state index in [-0.39, 0.29) is 30.6 Å². The highest BCUT2D eigenvalue weighted by Gasteiger charge is 2.34. The molecule has 7 heteroatoms. The number of fused-ring (bicyclic) bond motifs is 1. The van der Waals surface area contributed by atoms with Crippen LogP contribution in [0.15, 0.2) is 35.7 Å². The molecule has 3 rings (SSSR count). The highest BCUT2D eigenvalue weighted by atomic mass is 32.1. The van der Waals surface area contributed by atoms with Crippen LogP contribution in [0.25, 0.3) is 0 Å². The molecule has 0 aliphatic carbocycles. The van der Waals surface area contributed by atoms with E-state index in [0.29, 0.717) is 6.54 Å². The number of carbonyl (C=O) groups excluding carboxylic acids is 2. The SMILES string of the molecule is CC[C@@H](C)N(CC(=O)N1CCc2sccc2[C@H]1c1ccc(OC)cc1)C(=O)N(C)C. The second-order valence-electron chi connectivity index (χ2n) is 7.87. The van der Waals surface area contributed by atoms with Gasteiger partial charge in [-0.2, -0.15) is 0 Å². The van der Waals surface area contributed by atoms with Crippen LogP contribution in [0.5, 0.6) is 5.75 Å². The van der Waals surface area contributed by atoms with E-state index in [1.807, 2.05) is 43.0 Å². The zero-order valence-electron chi connectivity index (χ0n) is 18.4. The Kier molecular flexibility index (Phi) is 7.02. The van der Waals surface area contributed by atoms with Gasteiger partial charge in [0.1, 0.15) is 12.3 Å². The van der Waals surface area contributed by atoms with Crippen LogP contribution in [0, 0.1) is 0 Å². The quantitative estimate of drug-likeness (QED) is 0.697. The third-order valence-electron chi connectivity index (χ3n) is 5.77. The minimum atomic E-state index is -0.147. The average molecular weight is 430 g/mol. The number of urea groups is 1. The summed E-state index contributed by atoms with van der Waals surface area (Å²) in [6.07, 6.45) is 1.64. The standard InChI is InChI=1S/C23H31N3O3S/c1-6-16(2)26(23(28)24(3)4)15-21(27)25-13-11-20-19(12-14-30-20)22(25)17-7-9-18(29-5)10-8-17/h7-10,12,14,16,22H,6,11,13,15H2,1-5H3/t16-,22-/m1/s1. The first-order chi connectivity index (χ1) is 14.4. The van der Waals surface area contributed by atoms with Gasteiger partial charge in [0, 0.05) is 31.6 Å². The number of thiophene rings is 1. The number of amides is 3. The zero-order valence-corrected chi connectivity index (χ0v) is 19.2. The molecule has 1 aliphatic heterocycles. The molecule has 30 heavy (non-hydrogen) atoms. The van der Waals surface area contributed by atoms with Gasteiger partial charge in [0.15, 0.2) is 0 Å². The van der Waals surface area contributed by atoms with E-state index in [9.17, 15) is 9.59 Å². The number of hydrogen-bond acceptors (Lipinski definition) is 4. The van der Waals surface area contributed by atoms with E-state index in [0.717, 1.165) is 24.2 Å². The number of hydrogen-bond donors (Lipinski definition) is 0. The van der Waals surface area contributed by atoms with Crippen LogP contribution in [0.1, 0.15) is 42.3 Å². The van der Waals surface area contributed by atoms with Gasteiger partial charge in [-0.05, 0) is 54.5 Å². The molecule has 0 spiro atoms. The van der Waals surface area contributed by atoms with Crippen LogP contribution < -0.4 is 4.74 Å². The fourth-order valence-electron chi connectivity index (χ4n) is 3.86. The Hall–Kier alpha value is -2.54. The highest BCUT2D eigenvalue weighted by Crippen LogP contribution is 2.38. The minimum absolute atomic E-state index is 0.00946. The number of ether oxygens (including phenoxy) is 1. The van der Waals surface area contributed by atoms with Crippen molar-refractivity contribution in [3.63, 3.8) is 0 Å². The lowest BCUT2D eigenvalue weighted by Gasteiger charge is -2.39. The molecule has 2 heterocycles. The summed E-state index contributed by atoms with van der Waals surface area (Å²) in [4.78, 5) is 32.7.